The third-order valence-corrected chi connectivity index (χ3v) is 5.30. The van der Waals surface area contributed by atoms with Crippen LogP contribution in [-0.2, 0) is 19.5 Å². The van der Waals surface area contributed by atoms with E-state index in [-0.39, 0.29) is 5.91 Å². The number of fused-ring (bicyclic) bond motifs is 1. The molecule has 2 aromatic rings. The molecule has 1 amide bonds. The second kappa shape index (κ2) is 10.8. The van der Waals surface area contributed by atoms with E-state index in [2.05, 4.69) is 46.7 Å². The van der Waals surface area contributed by atoms with Crippen LogP contribution in [0.25, 0.3) is 0 Å². The van der Waals surface area contributed by atoms with E-state index >= 15 is 0 Å². The van der Waals surface area contributed by atoms with Gasteiger partial charge in [0.1, 0.15) is 0 Å². The van der Waals surface area contributed by atoms with Crippen LogP contribution in [0.4, 0.5) is 0 Å². The Labute approximate surface area is 180 Å². The van der Waals surface area contributed by atoms with Gasteiger partial charge in [-0.2, -0.15) is 0 Å². The van der Waals surface area contributed by atoms with Crippen LogP contribution in [0.2, 0.25) is 0 Å². The van der Waals surface area contributed by atoms with Crippen LogP contribution in [0.1, 0.15) is 34.0 Å². The van der Waals surface area contributed by atoms with Gasteiger partial charge in [0.2, 0.25) is 0 Å². The van der Waals surface area contributed by atoms with E-state index in [1.165, 1.54) is 11.1 Å². The molecule has 1 aliphatic rings. The van der Waals surface area contributed by atoms with Gasteiger partial charge in [0.05, 0.1) is 6.54 Å². The van der Waals surface area contributed by atoms with Crippen molar-refractivity contribution in [3.63, 3.8) is 0 Å². The SMILES string of the molecule is CCNC(=NCc1ccc(C(=O)N(C)C)cc1)NCCN1CCc2ccccc2C1. The number of carbonyl (C=O) groups excluding carboxylic acids is 1. The van der Waals surface area contributed by atoms with Gasteiger partial charge in [-0.15, -0.1) is 0 Å². The van der Waals surface area contributed by atoms with Gasteiger partial charge in [-0.1, -0.05) is 36.4 Å². The molecule has 0 atom stereocenters. The molecule has 160 valence electrons. The van der Waals surface area contributed by atoms with Crippen molar-refractivity contribution in [1.82, 2.24) is 20.4 Å². The van der Waals surface area contributed by atoms with Gasteiger partial charge in [-0.25, -0.2) is 4.99 Å². The number of hydrogen-bond donors (Lipinski definition) is 2. The van der Waals surface area contributed by atoms with E-state index in [1.54, 1.807) is 19.0 Å². The Morgan fingerprint density at radius 2 is 1.80 bits per heavy atom. The Bertz CT molecular complexity index is 860. The van der Waals surface area contributed by atoms with Crippen LogP contribution >= 0.6 is 0 Å². The fourth-order valence-corrected chi connectivity index (χ4v) is 3.60. The highest BCUT2D eigenvalue weighted by Gasteiger charge is 2.15. The molecule has 1 heterocycles. The summed E-state index contributed by atoms with van der Waals surface area (Å²) in [6, 6.07) is 16.4. The number of aliphatic imine (C=N–C) groups is 1. The lowest BCUT2D eigenvalue weighted by atomic mass is 10.00. The molecule has 0 radical (unpaired) electrons. The summed E-state index contributed by atoms with van der Waals surface area (Å²) in [5.41, 5.74) is 4.70. The largest absolute Gasteiger partial charge is 0.357 e. The van der Waals surface area contributed by atoms with E-state index in [9.17, 15) is 4.79 Å². The number of nitrogens with one attached hydrogen (secondary N) is 2. The van der Waals surface area contributed by atoms with Crippen molar-refractivity contribution in [2.45, 2.75) is 26.4 Å². The molecular formula is C24H33N5O. The second-order valence-corrected chi connectivity index (χ2v) is 7.81. The molecule has 0 spiro atoms. The van der Waals surface area contributed by atoms with E-state index < -0.39 is 0 Å². The van der Waals surface area contributed by atoms with E-state index in [0.717, 1.165) is 50.7 Å². The van der Waals surface area contributed by atoms with Crippen LogP contribution in [0, 0.1) is 0 Å². The summed E-state index contributed by atoms with van der Waals surface area (Å²) in [7, 11) is 3.52. The third-order valence-electron chi connectivity index (χ3n) is 5.30. The Kier molecular flexibility index (Phi) is 7.85. The lowest BCUT2D eigenvalue weighted by molar-refractivity contribution is 0.0827. The average molecular weight is 408 g/mol. The van der Waals surface area contributed by atoms with Crippen molar-refractivity contribution in [2.24, 2.45) is 4.99 Å². The van der Waals surface area contributed by atoms with Crippen molar-refractivity contribution in [1.29, 1.82) is 0 Å². The van der Waals surface area contributed by atoms with Gasteiger partial charge in [0.15, 0.2) is 5.96 Å². The van der Waals surface area contributed by atoms with Crippen LogP contribution < -0.4 is 10.6 Å². The lowest BCUT2D eigenvalue weighted by Gasteiger charge is -2.28. The lowest BCUT2D eigenvalue weighted by Crippen LogP contribution is -2.42. The molecule has 6 heteroatoms. The highest BCUT2D eigenvalue weighted by molar-refractivity contribution is 5.93. The van der Waals surface area contributed by atoms with Gasteiger partial charge in [-0.3, -0.25) is 9.69 Å². The van der Waals surface area contributed by atoms with Crippen molar-refractivity contribution >= 4 is 11.9 Å². The summed E-state index contributed by atoms with van der Waals surface area (Å²) in [6.07, 6.45) is 1.12. The second-order valence-electron chi connectivity index (χ2n) is 7.81. The summed E-state index contributed by atoms with van der Waals surface area (Å²) in [5.74, 6) is 0.837. The van der Waals surface area contributed by atoms with Crippen molar-refractivity contribution in [2.75, 3.05) is 40.3 Å². The molecule has 2 N–H and O–H groups in total. The molecule has 0 saturated heterocycles. The maximum Gasteiger partial charge on any atom is 0.253 e. The number of rotatable bonds is 7. The number of nitrogens with zero attached hydrogens (tertiary/aromatic N) is 3. The van der Waals surface area contributed by atoms with Gasteiger partial charge in [0.25, 0.3) is 5.91 Å². The average Bonchev–Trinajstić information content (AvgIpc) is 2.77. The number of hydrogen-bond acceptors (Lipinski definition) is 3. The van der Waals surface area contributed by atoms with Crippen LogP contribution in [0.3, 0.4) is 0 Å². The molecule has 0 bridgehead atoms. The molecule has 0 aliphatic carbocycles. The fourth-order valence-electron chi connectivity index (χ4n) is 3.60. The first-order valence-electron chi connectivity index (χ1n) is 10.7. The summed E-state index contributed by atoms with van der Waals surface area (Å²) >= 11 is 0. The van der Waals surface area contributed by atoms with E-state index in [4.69, 9.17) is 4.99 Å². The van der Waals surface area contributed by atoms with Crippen molar-refractivity contribution < 1.29 is 4.79 Å². The quantitative estimate of drug-likeness (QED) is 0.547. The molecule has 30 heavy (non-hydrogen) atoms. The third kappa shape index (κ3) is 6.07. The first-order chi connectivity index (χ1) is 14.6. The van der Waals surface area contributed by atoms with Crippen LogP contribution in [0.5, 0.6) is 0 Å². The summed E-state index contributed by atoms with van der Waals surface area (Å²) < 4.78 is 0. The zero-order valence-electron chi connectivity index (χ0n) is 18.3. The molecule has 6 nitrogen and oxygen atoms in total. The van der Waals surface area contributed by atoms with Gasteiger partial charge < -0.3 is 15.5 Å². The minimum Gasteiger partial charge on any atom is -0.357 e. The first kappa shape index (κ1) is 21.8. The van der Waals surface area contributed by atoms with E-state index in [0.29, 0.717) is 12.1 Å². The molecule has 1 aliphatic heterocycles. The van der Waals surface area contributed by atoms with Gasteiger partial charge >= 0.3 is 0 Å². The molecule has 0 fully saturated rings. The standard InChI is InChI=1S/C24H33N5O/c1-4-25-24(27-17-19-9-11-21(12-10-19)23(30)28(2)3)26-14-16-29-15-13-20-7-5-6-8-22(20)18-29/h5-12H,4,13-18H2,1-3H3,(H2,25,26,27). The maximum absolute atomic E-state index is 12.0. The number of benzene rings is 2. The van der Waals surface area contributed by atoms with E-state index in [1.807, 2.05) is 24.3 Å². The predicted octanol–water partition coefficient (Wildman–Crippen LogP) is 2.50. The van der Waals surface area contributed by atoms with Crippen molar-refractivity contribution in [3.8, 4) is 0 Å². The maximum atomic E-state index is 12.0. The summed E-state index contributed by atoms with van der Waals surface area (Å²) in [6.45, 7) is 7.42. The van der Waals surface area contributed by atoms with Gasteiger partial charge in [-0.05, 0) is 42.2 Å². The number of amides is 1. The minimum atomic E-state index is 0.0143. The number of guanidine groups is 1. The minimum absolute atomic E-state index is 0.0143. The van der Waals surface area contributed by atoms with Gasteiger partial charge in [0, 0.05) is 52.4 Å². The molecule has 0 unspecified atom stereocenters. The zero-order valence-corrected chi connectivity index (χ0v) is 18.3. The molecule has 2 aromatic carbocycles. The van der Waals surface area contributed by atoms with Crippen LogP contribution in [0.15, 0.2) is 53.5 Å². The predicted molar refractivity (Wildman–Crippen MR) is 123 cm³/mol. The Morgan fingerprint density at radius 3 is 2.50 bits per heavy atom. The Balaban J connectivity index is 1.49. The highest BCUT2D eigenvalue weighted by atomic mass is 16.2. The smallest absolute Gasteiger partial charge is 0.253 e. The normalized spacial score (nSPS) is 14.2. The monoisotopic (exact) mass is 407 g/mol. The Morgan fingerprint density at radius 1 is 1.07 bits per heavy atom. The zero-order chi connectivity index (χ0) is 21.3. The first-order valence-corrected chi connectivity index (χ1v) is 10.7. The Hall–Kier alpha value is -2.86. The molecule has 3 rings (SSSR count). The molecule has 0 aromatic heterocycles. The van der Waals surface area contributed by atoms with Crippen LogP contribution in [-0.4, -0.2) is 61.9 Å². The summed E-state index contributed by atoms with van der Waals surface area (Å²) in [5, 5.41) is 6.75. The highest BCUT2D eigenvalue weighted by Crippen LogP contribution is 2.17. The molecular weight excluding hydrogens is 374 g/mol. The topological polar surface area (TPSA) is 60.0 Å². The fraction of sp³-hybridized carbons (Fsp3) is 0.417. The number of carbonyl (C=O) groups is 1. The summed E-state index contributed by atoms with van der Waals surface area (Å²) in [4.78, 5) is 20.8. The molecule has 0 saturated carbocycles. The van der Waals surface area contributed by atoms with Crippen molar-refractivity contribution in [3.05, 3.63) is 70.8 Å².